The second-order valence-corrected chi connectivity index (χ2v) is 2.39. The van der Waals surface area contributed by atoms with Crippen molar-refractivity contribution in [2.24, 2.45) is 0 Å². The summed E-state index contributed by atoms with van der Waals surface area (Å²) in [7, 11) is 3.01. The van der Waals surface area contributed by atoms with Crippen LogP contribution in [0.15, 0.2) is 18.2 Å². The third kappa shape index (κ3) is 2.50. The number of aromatic hydroxyl groups is 1. The molecule has 1 aromatic carbocycles. The molecule has 0 saturated heterocycles. The summed E-state index contributed by atoms with van der Waals surface area (Å²) in [5.41, 5.74) is 0.154. The van der Waals surface area contributed by atoms with Gasteiger partial charge in [0.15, 0.2) is 12.7 Å². The molecule has 0 heterocycles. The first kappa shape index (κ1) is 13.0. The fourth-order valence-corrected chi connectivity index (χ4v) is 1.09. The zero-order valence-electron chi connectivity index (χ0n) is 7.94. The number of methoxy groups -OCH3 is 1. The van der Waals surface area contributed by atoms with Crippen molar-refractivity contribution < 1.29 is 41.1 Å². The van der Waals surface area contributed by atoms with Crippen LogP contribution in [-0.2, 0) is 21.7 Å². The molecule has 0 amide bonds. The third-order valence-electron chi connectivity index (χ3n) is 1.67. The Hall–Kier alpha value is -0.996. The number of aliphatic hydroxyl groups is 1. The quantitative estimate of drug-likeness (QED) is 0.629. The monoisotopic (exact) mass is 231 g/mol. The van der Waals surface area contributed by atoms with Crippen LogP contribution >= 0.6 is 0 Å². The molecule has 0 fully saturated rings. The maximum Gasteiger partial charge on any atom is 0.345 e. The van der Waals surface area contributed by atoms with E-state index in [2.05, 4.69) is 4.74 Å². The van der Waals surface area contributed by atoms with Gasteiger partial charge in [-0.1, -0.05) is 6.07 Å². The summed E-state index contributed by atoms with van der Waals surface area (Å²) < 4.78 is 8.83. The molecule has 0 unspecified atom stereocenters. The zero-order chi connectivity index (χ0) is 9.84. The van der Waals surface area contributed by atoms with E-state index < -0.39 is 5.97 Å². The van der Waals surface area contributed by atoms with Gasteiger partial charge in [-0.15, -0.1) is 0 Å². The first-order valence-corrected chi connectivity index (χ1v) is 3.70. The first-order chi connectivity index (χ1) is 6.20. The van der Waals surface area contributed by atoms with Gasteiger partial charge in [0.25, 0.3) is 0 Å². The van der Waals surface area contributed by atoms with Crippen LogP contribution < -0.4 is 4.74 Å². The molecular formula is C9H11O4Ti+. The van der Waals surface area contributed by atoms with Crippen molar-refractivity contribution in [2.75, 3.05) is 14.2 Å². The molecule has 1 rings (SSSR count). The second kappa shape index (κ2) is 5.68. The summed E-state index contributed by atoms with van der Waals surface area (Å²) >= 11 is 0. The molecule has 0 aliphatic rings. The molecule has 0 bridgehead atoms. The standard InChI is InChI=1S/C9H10O4.Ti/c1-12-7-5-3-4-6(9(10)11)8(7)13-2;/h3-5H,1-2H3,(H,10,11);/p+1. The molecule has 0 saturated carbocycles. The SMILES string of the molecule is COc1cccc(C(=O)O)c1[OH+]C.[Ti]. The summed E-state index contributed by atoms with van der Waals surface area (Å²) in [6, 6.07) is 4.79. The van der Waals surface area contributed by atoms with E-state index >= 15 is 0 Å². The number of para-hydroxylation sites is 1. The molecular weight excluding hydrogens is 220 g/mol. The van der Waals surface area contributed by atoms with E-state index in [1.54, 1.807) is 12.1 Å². The van der Waals surface area contributed by atoms with Gasteiger partial charge in [-0.05, 0) is 12.1 Å². The fourth-order valence-electron chi connectivity index (χ4n) is 1.09. The number of hydrogen-bond acceptors (Lipinski definition) is 2. The van der Waals surface area contributed by atoms with Crippen LogP contribution in [0.25, 0.3) is 0 Å². The van der Waals surface area contributed by atoms with E-state index in [9.17, 15) is 4.79 Å². The van der Waals surface area contributed by atoms with Crippen LogP contribution in [0.1, 0.15) is 10.4 Å². The Morgan fingerprint density at radius 2 is 2.14 bits per heavy atom. The Labute approximate surface area is 96.7 Å². The van der Waals surface area contributed by atoms with Crippen LogP contribution in [0.5, 0.6) is 11.5 Å². The van der Waals surface area contributed by atoms with E-state index in [-0.39, 0.29) is 27.3 Å². The van der Waals surface area contributed by atoms with Crippen LogP contribution in [0, 0.1) is 0 Å². The Morgan fingerprint density at radius 1 is 1.50 bits per heavy atom. The summed E-state index contributed by atoms with van der Waals surface area (Å²) in [5, 5.41) is 8.80. The van der Waals surface area contributed by atoms with Gasteiger partial charge >= 0.3 is 11.7 Å². The van der Waals surface area contributed by atoms with E-state index in [1.165, 1.54) is 20.3 Å². The van der Waals surface area contributed by atoms with E-state index in [4.69, 9.17) is 9.84 Å². The zero-order valence-corrected chi connectivity index (χ0v) is 9.50. The van der Waals surface area contributed by atoms with Crippen molar-refractivity contribution in [3.05, 3.63) is 23.8 Å². The average molecular weight is 231 g/mol. The summed E-state index contributed by atoms with van der Waals surface area (Å²) in [5.74, 6) is -0.153. The summed E-state index contributed by atoms with van der Waals surface area (Å²) in [6.45, 7) is 0. The van der Waals surface area contributed by atoms with Gasteiger partial charge < -0.3 is 14.6 Å². The van der Waals surface area contributed by atoms with Gasteiger partial charge in [0, 0.05) is 21.7 Å². The predicted octanol–water partition coefficient (Wildman–Crippen LogP) is 1.26. The van der Waals surface area contributed by atoms with E-state index in [1.807, 2.05) is 0 Å². The van der Waals surface area contributed by atoms with Crippen LogP contribution in [-0.4, -0.2) is 30.0 Å². The topological polar surface area (TPSA) is 59.3 Å². The van der Waals surface area contributed by atoms with Gasteiger partial charge in [0.05, 0.1) is 7.11 Å². The molecule has 74 valence electrons. The minimum Gasteiger partial charge on any atom is -0.581 e. The second-order valence-electron chi connectivity index (χ2n) is 2.39. The predicted molar refractivity (Wildman–Crippen MR) is 47.5 cm³/mol. The maximum absolute atomic E-state index is 10.7. The number of carboxylic acids is 1. The van der Waals surface area contributed by atoms with Crippen molar-refractivity contribution in [2.45, 2.75) is 0 Å². The summed E-state index contributed by atoms with van der Waals surface area (Å²) in [4.78, 5) is 10.7. The van der Waals surface area contributed by atoms with Gasteiger partial charge in [-0.25, -0.2) is 4.79 Å². The maximum atomic E-state index is 10.7. The van der Waals surface area contributed by atoms with Crippen molar-refractivity contribution in [3.63, 3.8) is 0 Å². The molecule has 2 N–H and O–H groups in total. The van der Waals surface area contributed by atoms with E-state index in [0.717, 1.165) is 0 Å². The Bertz CT molecular complexity index is 325. The van der Waals surface area contributed by atoms with Crippen molar-refractivity contribution >= 4 is 5.97 Å². The minimum absolute atomic E-state index is 0. The van der Waals surface area contributed by atoms with Crippen LogP contribution in [0.2, 0.25) is 0 Å². The molecule has 4 nitrogen and oxygen atoms in total. The van der Waals surface area contributed by atoms with E-state index in [0.29, 0.717) is 11.5 Å². The number of ether oxygens (including phenoxy) is 2. The largest absolute Gasteiger partial charge is 0.581 e. The number of carbonyl (C=O) groups is 1. The normalized spacial score (nSPS) is 8.71. The van der Waals surface area contributed by atoms with Crippen LogP contribution in [0.4, 0.5) is 0 Å². The number of carboxylic acid groups (broad SMARTS) is 1. The molecule has 0 aromatic heterocycles. The Morgan fingerprint density at radius 3 is 2.57 bits per heavy atom. The first-order valence-electron chi connectivity index (χ1n) is 3.70. The number of hydrogen-bond donors (Lipinski definition) is 1. The molecule has 0 radical (unpaired) electrons. The number of aromatic carboxylic acids is 1. The molecule has 0 spiro atoms. The third-order valence-corrected chi connectivity index (χ3v) is 1.67. The molecule has 0 atom stereocenters. The Kier molecular flexibility index (Phi) is 5.27. The van der Waals surface area contributed by atoms with Crippen molar-refractivity contribution in [1.29, 1.82) is 0 Å². The average Bonchev–Trinajstić information content (AvgIpc) is 2.16. The smallest absolute Gasteiger partial charge is 0.345 e. The molecule has 0 aliphatic carbocycles. The molecule has 14 heavy (non-hydrogen) atoms. The van der Waals surface area contributed by atoms with Gasteiger partial charge in [0.2, 0.25) is 5.75 Å². The fraction of sp³-hybridized carbons (Fsp3) is 0.222. The molecule has 1 aromatic rings. The van der Waals surface area contributed by atoms with Gasteiger partial charge in [-0.2, -0.15) is 0 Å². The van der Waals surface area contributed by atoms with Crippen LogP contribution in [0.3, 0.4) is 0 Å². The number of rotatable bonds is 3. The Balaban J connectivity index is 0.00000169. The summed E-state index contributed by atoms with van der Waals surface area (Å²) in [6.07, 6.45) is 0. The molecule has 5 heteroatoms. The van der Waals surface area contributed by atoms with Gasteiger partial charge in [-0.3, -0.25) is 0 Å². The molecule has 0 aliphatic heterocycles. The van der Waals surface area contributed by atoms with Crippen molar-refractivity contribution in [3.8, 4) is 11.5 Å². The number of benzene rings is 1. The van der Waals surface area contributed by atoms with Crippen molar-refractivity contribution in [1.82, 2.24) is 0 Å². The minimum atomic E-state index is -1.00. The van der Waals surface area contributed by atoms with Gasteiger partial charge in [0.1, 0.15) is 0 Å².